The van der Waals surface area contributed by atoms with Crippen LogP contribution in [-0.4, -0.2) is 44.2 Å². The van der Waals surface area contributed by atoms with Gasteiger partial charge in [-0.1, -0.05) is 0 Å². The van der Waals surface area contributed by atoms with Gasteiger partial charge in [0.15, 0.2) is 0 Å². The Bertz CT molecular complexity index is 393. The summed E-state index contributed by atoms with van der Waals surface area (Å²) in [5.41, 5.74) is 0. The minimum Gasteiger partial charge on any atom is -0.465 e. The minimum atomic E-state index is -3.89. The molecule has 8 heteroatoms. The van der Waals surface area contributed by atoms with Gasteiger partial charge in [-0.2, -0.15) is 12.7 Å². The van der Waals surface area contributed by atoms with Crippen LogP contribution in [0.15, 0.2) is 0 Å². The van der Waals surface area contributed by atoms with Crippen molar-refractivity contribution in [1.82, 2.24) is 4.31 Å². The zero-order valence-corrected chi connectivity index (χ0v) is 10.3. The molecule has 0 aromatic rings. The fourth-order valence-electron chi connectivity index (χ4n) is 1.45. The standard InChI is InChI=1S/C8H12ClNO5S/c1-2-15-8(12)6-5-10(16(9,13)14)4-3-7(6)11/h6H,2-5H2,1H3. The molecule has 92 valence electrons. The molecule has 1 rings (SSSR count). The number of ketones is 1. The van der Waals surface area contributed by atoms with Gasteiger partial charge in [-0.15, -0.1) is 0 Å². The summed E-state index contributed by atoms with van der Waals surface area (Å²) in [6.07, 6.45) is -0.0184. The Hall–Kier alpha value is -0.660. The highest BCUT2D eigenvalue weighted by Crippen LogP contribution is 2.19. The normalized spacial score (nSPS) is 23.1. The van der Waals surface area contributed by atoms with Crippen molar-refractivity contribution < 1.29 is 22.7 Å². The molecule has 0 aliphatic carbocycles. The molecule has 0 amide bonds. The Labute approximate surface area is 98.1 Å². The maximum absolute atomic E-state index is 11.4. The van der Waals surface area contributed by atoms with Gasteiger partial charge >= 0.3 is 5.97 Å². The van der Waals surface area contributed by atoms with Crippen LogP contribution in [0.2, 0.25) is 0 Å². The molecule has 0 radical (unpaired) electrons. The summed E-state index contributed by atoms with van der Waals surface area (Å²) in [7, 11) is 1.26. The third-order valence-electron chi connectivity index (χ3n) is 2.26. The van der Waals surface area contributed by atoms with Crippen LogP contribution < -0.4 is 0 Å². The number of piperidine rings is 1. The lowest BCUT2D eigenvalue weighted by molar-refractivity contribution is -0.152. The highest BCUT2D eigenvalue weighted by molar-refractivity contribution is 8.11. The molecule has 0 spiro atoms. The highest BCUT2D eigenvalue weighted by atomic mass is 35.7. The van der Waals surface area contributed by atoms with Gasteiger partial charge in [0.1, 0.15) is 11.7 Å². The number of carbonyl (C=O) groups excluding carboxylic acids is 2. The summed E-state index contributed by atoms with van der Waals surface area (Å²) in [6, 6.07) is 0. The fraction of sp³-hybridized carbons (Fsp3) is 0.750. The van der Waals surface area contributed by atoms with Crippen molar-refractivity contribution in [1.29, 1.82) is 0 Å². The van der Waals surface area contributed by atoms with E-state index in [2.05, 4.69) is 4.74 Å². The molecule has 1 unspecified atom stereocenters. The molecule has 1 atom stereocenters. The molecule has 0 aromatic heterocycles. The molecule has 0 N–H and O–H groups in total. The van der Waals surface area contributed by atoms with E-state index in [1.807, 2.05) is 0 Å². The molecule has 0 bridgehead atoms. The quantitative estimate of drug-likeness (QED) is 0.407. The van der Waals surface area contributed by atoms with Gasteiger partial charge in [0.05, 0.1) is 6.61 Å². The zero-order valence-electron chi connectivity index (χ0n) is 8.68. The van der Waals surface area contributed by atoms with Gasteiger partial charge in [0, 0.05) is 30.2 Å². The van der Waals surface area contributed by atoms with Gasteiger partial charge in [-0.25, -0.2) is 0 Å². The van der Waals surface area contributed by atoms with E-state index >= 15 is 0 Å². The van der Waals surface area contributed by atoms with E-state index < -0.39 is 21.1 Å². The second kappa shape index (κ2) is 5.11. The predicted octanol–water partition coefficient (Wildman–Crippen LogP) is -0.0759. The summed E-state index contributed by atoms with van der Waals surface area (Å²) in [5, 5.41) is 0. The molecule has 16 heavy (non-hydrogen) atoms. The van der Waals surface area contributed by atoms with E-state index in [1.54, 1.807) is 6.92 Å². The molecular weight excluding hydrogens is 258 g/mol. The molecule has 1 saturated heterocycles. The van der Waals surface area contributed by atoms with Crippen LogP contribution in [0.4, 0.5) is 0 Å². The number of Topliss-reactive ketones (excluding diaryl/α,β-unsaturated/α-hetero) is 1. The van der Waals surface area contributed by atoms with E-state index in [1.165, 1.54) is 0 Å². The van der Waals surface area contributed by atoms with E-state index in [0.717, 1.165) is 4.31 Å². The van der Waals surface area contributed by atoms with E-state index in [9.17, 15) is 18.0 Å². The Kier molecular flexibility index (Phi) is 4.28. The molecular formula is C8H12ClNO5S. The SMILES string of the molecule is CCOC(=O)C1CN(S(=O)(=O)Cl)CCC1=O. The second-order valence-electron chi connectivity index (χ2n) is 3.32. The van der Waals surface area contributed by atoms with Crippen molar-refractivity contribution in [2.45, 2.75) is 13.3 Å². The Morgan fingerprint density at radius 1 is 1.62 bits per heavy atom. The van der Waals surface area contributed by atoms with Crippen molar-refractivity contribution >= 4 is 31.7 Å². The number of rotatable bonds is 3. The average Bonchev–Trinajstić information content (AvgIpc) is 2.16. The number of hydrogen-bond acceptors (Lipinski definition) is 5. The Morgan fingerprint density at radius 2 is 2.25 bits per heavy atom. The van der Waals surface area contributed by atoms with Crippen LogP contribution in [-0.2, 0) is 23.6 Å². The summed E-state index contributed by atoms with van der Waals surface area (Å²) >= 11 is 0. The van der Waals surface area contributed by atoms with Crippen molar-refractivity contribution in [3.8, 4) is 0 Å². The Morgan fingerprint density at radius 3 is 2.75 bits per heavy atom. The van der Waals surface area contributed by atoms with E-state index in [4.69, 9.17) is 10.7 Å². The van der Waals surface area contributed by atoms with Crippen LogP contribution >= 0.6 is 10.7 Å². The van der Waals surface area contributed by atoms with Crippen molar-refractivity contribution in [2.75, 3.05) is 19.7 Å². The van der Waals surface area contributed by atoms with E-state index in [-0.39, 0.29) is 31.9 Å². The molecule has 1 heterocycles. The molecule has 0 saturated carbocycles. The van der Waals surface area contributed by atoms with Crippen molar-refractivity contribution in [3.63, 3.8) is 0 Å². The molecule has 1 aliphatic rings. The lowest BCUT2D eigenvalue weighted by Crippen LogP contribution is -2.45. The molecule has 6 nitrogen and oxygen atoms in total. The monoisotopic (exact) mass is 269 g/mol. The largest absolute Gasteiger partial charge is 0.465 e. The van der Waals surface area contributed by atoms with Crippen molar-refractivity contribution in [3.05, 3.63) is 0 Å². The summed E-state index contributed by atoms with van der Waals surface area (Å²) in [4.78, 5) is 22.8. The van der Waals surface area contributed by atoms with Crippen LogP contribution in [0.1, 0.15) is 13.3 Å². The number of hydrogen-bond donors (Lipinski definition) is 0. The predicted molar refractivity (Wildman–Crippen MR) is 56.1 cm³/mol. The number of esters is 1. The topological polar surface area (TPSA) is 80.8 Å². The maximum atomic E-state index is 11.4. The van der Waals surface area contributed by atoms with Gasteiger partial charge < -0.3 is 4.74 Å². The summed E-state index contributed by atoms with van der Waals surface area (Å²) in [5.74, 6) is -2.06. The van der Waals surface area contributed by atoms with E-state index in [0.29, 0.717) is 0 Å². The third-order valence-corrected chi connectivity index (χ3v) is 3.80. The lowest BCUT2D eigenvalue weighted by atomic mass is 9.98. The first-order chi connectivity index (χ1) is 7.36. The smallest absolute Gasteiger partial charge is 0.317 e. The Balaban J connectivity index is 2.77. The first-order valence-electron chi connectivity index (χ1n) is 4.75. The highest BCUT2D eigenvalue weighted by Gasteiger charge is 2.37. The second-order valence-corrected chi connectivity index (χ2v) is 5.83. The molecule has 0 aromatic carbocycles. The van der Waals surface area contributed by atoms with Crippen LogP contribution in [0.5, 0.6) is 0 Å². The number of carbonyl (C=O) groups is 2. The summed E-state index contributed by atoms with van der Waals surface area (Å²) in [6.45, 7) is 1.54. The first-order valence-corrected chi connectivity index (χ1v) is 7.02. The minimum absolute atomic E-state index is 0.0145. The first kappa shape index (κ1) is 13.4. The van der Waals surface area contributed by atoms with Gasteiger partial charge in [-0.05, 0) is 6.92 Å². The number of halogens is 1. The third kappa shape index (κ3) is 3.16. The van der Waals surface area contributed by atoms with Gasteiger partial charge in [0.2, 0.25) is 0 Å². The average molecular weight is 270 g/mol. The lowest BCUT2D eigenvalue weighted by Gasteiger charge is -2.27. The van der Waals surface area contributed by atoms with Gasteiger partial charge in [-0.3, -0.25) is 9.59 Å². The van der Waals surface area contributed by atoms with Crippen molar-refractivity contribution in [2.24, 2.45) is 5.92 Å². The number of ether oxygens (including phenoxy) is 1. The molecule has 1 aliphatic heterocycles. The van der Waals surface area contributed by atoms with Crippen LogP contribution in [0.3, 0.4) is 0 Å². The maximum Gasteiger partial charge on any atom is 0.317 e. The molecule has 1 fully saturated rings. The zero-order chi connectivity index (χ0) is 12.3. The van der Waals surface area contributed by atoms with Crippen LogP contribution in [0.25, 0.3) is 0 Å². The summed E-state index contributed by atoms with van der Waals surface area (Å²) < 4.78 is 27.7. The van der Waals surface area contributed by atoms with Gasteiger partial charge in [0.25, 0.3) is 9.24 Å². The fourth-order valence-corrected chi connectivity index (χ4v) is 2.47. The number of nitrogens with zero attached hydrogens (tertiary/aromatic N) is 1. The van der Waals surface area contributed by atoms with Crippen LogP contribution in [0, 0.1) is 5.92 Å².